The van der Waals surface area contributed by atoms with Gasteiger partial charge in [0.1, 0.15) is 0 Å². The lowest BCUT2D eigenvalue weighted by Gasteiger charge is -2.29. The van der Waals surface area contributed by atoms with E-state index in [1.54, 1.807) is 0 Å². The Morgan fingerprint density at radius 1 is 1.31 bits per heavy atom. The number of piperazine rings is 1. The average Bonchev–Trinajstić information content (AvgIpc) is 2.71. The smallest absolute Gasteiger partial charge is 0.266 e. The lowest BCUT2D eigenvalue weighted by Crippen LogP contribution is -2.52. The molecule has 0 saturated carbocycles. The average molecular weight is 185 g/mol. The minimum Gasteiger partial charge on any atom is -0.353 e. The third-order valence-electron chi connectivity index (χ3n) is 2.37. The molecule has 0 aromatic heterocycles. The summed E-state index contributed by atoms with van der Waals surface area (Å²) in [4.78, 5) is 13.6. The first-order chi connectivity index (χ1) is 6.38. The topological polar surface area (TPSA) is 53.6 Å². The molecule has 0 bridgehead atoms. The molecule has 2 heterocycles. The molecule has 0 radical (unpaired) electrons. The Balaban J connectivity index is 1.87. The van der Waals surface area contributed by atoms with Gasteiger partial charge in [0.25, 0.3) is 5.91 Å². The van der Waals surface area contributed by atoms with Gasteiger partial charge >= 0.3 is 0 Å². The van der Waals surface area contributed by atoms with E-state index in [1.165, 1.54) is 0 Å². The lowest BCUT2D eigenvalue weighted by molar-refractivity contribution is -0.142. The van der Waals surface area contributed by atoms with Crippen molar-refractivity contribution in [1.82, 2.24) is 15.5 Å². The third-order valence-corrected chi connectivity index (χ3v) is 2.37. The summed E-state index contributed by atoms with van der Waals surface area (Å²) in [6, 6.07) is 0. The first-order valence-corrected chi connectivity index (χ1v) is 4.72. The molecule has 2 N–H and O–H groups in total. The van der Waals surface area contributed by atoms with Gasteiger partial charge < -0.3 is 15.0 Å². The molecular weight excluding hydrogens is 170 g/mol. The van der Waals surface area contributed by atoms with E-state index >= 15 is 0 Å². The van der Waals surface area contributed by atoms with Crippen molar-refractivity contribution in [3.8, 4) is 0 Å². The summed E-state index contributed by atoms with van der Waals surface area (Å²) in [5, 5.41) is 6.22. The van der Waals surface area contributed by atoms with Crippen LogP contribution >= 0.6 is 0 Å². The maximum absolute atomic E-state index is 11.7. The predicted molar refractivity (Wildman–Crippen MR) is 47.2 cm³/mol. The summed E-state index contributed by atoms with van der Waals surface area (Å²) in [5.41, 5.74) is 0. The molecule has 1 amide bonds. The van der Waals surface area contributed by atoms with Gasteiger partial charge in [-0.2, -0.15) is 0 Å². The van der Waals surface area contributed by atoms with Crippen LogP contribution in [0.25, 0.3) is 0 Å². The number of hydrogen-bond acceptors (Lipinski definition) is 4. The minimum absolute atomic E-state index is 0.0824. The van der Waals surface area contributed by atoms with Crippen LogP contribution in [-0.4, -0.2) is 56.4 Å². The summed E-state index contributed by atoms with van der Waals surface area (Å²) in [7, 11) is 0. The van der Waals surface area contributed by atoms with Crippen LogP contribution in [0.3, 0.4) is 0 Å². The molecule has 13 heavy (non-hydrogen) atoms. The highest BCUT2D eigenvalue weighted by atomic mass is 16.5. The Labute approximate surface area is 77.4 Å². The number of hydrogen-bond donors (Lipinski definition) is 2. The van der Waals surface area contributed by atoms with Gasteiger partial charge in [0.15, 0.2) is 6.23 Å². The normalized spacial score (nSPS) is 29.2. The fourth-order valence-electron chi connectivity index (χ4n) is 1.64. The third kappa shape index (κ3) is 1.99. The van der Waals surface area contributed by atoms with Gasteiger partial charge in [-0.15, -0.1) is 0 Å². The monoisotopic (exact) mass is 185 g/mol. The largest absolute Gasteiger partial charge is 0.353 e. The zero-order valence-electron chi connectivity index (χ0n) is 7.58. The standard InChI is InChI=1S/C8H15N3O2/c12-8(7-10-3-6-13-7)11-4-1-9-2-5-11/h7,9-10H,1-6H2. The van der Waals surface area contributed by atoms with Gasteiger partial charge in [0.2, 0.25) is 0 Å². The van der Waals surface area contributed by atoms with Crippen LogP contribution in [-0.2, 0) is 9.53 Å². The summed E-state index contributed by atoms with van der Waals surface area (Å²) in [5.74, 6) is 0.0824. The fraction of sp³-hybridized carbons (Fsp3) is 0.875. The van der Waals surface area contributed by atoms with E-state index in [2.05, 4.69) is 10.6 Å². The maximum atomic E-state index is 11.7. The Morgan fingerprint density at radius 3 is 2.69 bits per heavy atom. The number of carbonyl (C=O) groups is 1. The summed E-state index contributed by atoms with van der Waals surface area (Å²) < 4.78 is 5.25. The Hall–Kier alpha value is -0.650. The first-order valence-electron chi connectivity index (χ1n) is 4.72. The van der Waals surface area contributed by atoms with E-state index in [-0.39, 0.29) is 5.91 Å². The molecule has 2 fully saturated rings. The van der Waals surface area contributed by atoms with Crippen LogP contribution in [0.1, 0.15) is 0 Å². The first kappa shape index (κ1) is 8.93. The molecular formula is C8H15N3O2. The van der Waals surface area contributed by atoms with Gasteiger partial charge in [-0.3, -0.25) is 10.1 Å². The molecule has 0 aromatic rings. The van der Waals surface area contributed by atoms with E-state index < -0.39 is 6.23 Å². The molecule has 2 aliphatic rings. The van der Waals surface area contributed by atoms with Crippen molar-refractivity contribution in [2.24, 2.45) is 0 Å². The number of carbonyl (C=O) groups excluding carboxylic acids is 1. The predicted octanol–water partition coefficient (Wildman–Crippen LogP) is -1.64. The second kappa shape index (κ2) is 4.04. The van der Waals surface area contributed by atoms with Crippen molar-refractivity contribution in [3.05, 3.63) is 0 Å². The molecule has 5 heteroatoms. The van der Waals surface area contributed by atoms with Crippen LogP contribution in [0.2, 0.25) is 0 Å². The zero-order chi connectivity index (χ0) is 9.10. The van der Waals surface area contributed by atoms with Gasteiger partial charge in [-0.25, -0.2) is 0 Å². The van der Waals surface area contributed by atoms with Gasteiger partial charge in [0, 0.05) is 32.7 Å². The number of nitrogens with one attached hydrogen (secondary N) is 2. The molecule has 2 saturated heterocycles. The van der Waals surface area contributed by atoms with Crippen LogP contribution in [0, 0.1) is 0 Å². The van der Waals surface area contributed by atoms with Crippen LogP contribution in [0.4, 0.5) is 0 Å². The molecule has 5 nitrogen and oxygen atoms in total. The molecule has 0 spiro atoms. The number of nitrogens with zero attached hydrogens (tertiary/aromatic N) is 1. The minimum atomic E-state index is -0.391. The van der Waals surface area contributed by atoms with E-state index in [4.69, 9.17) is 4.74 Å². The van der Waals surface area contributed by atoms with Crippen molar-refractivity contribution in [2.45, 2.75) is 6.23 Å². The van der Waals surface area contributed by atoms with E-state index in [0.717, 1.165) is 32.7 Å². The Kier molecular flexibility index (Phi) is 2.77. The van der Waals surface area contributed by atoms with Crippen LogP contribution in [0.15, 0.2) is 0 Å². The second-order valence-electron chi connectivity index (χ2n) is 3.28. The zero-order valence-corrected chi connectivity index (χ0v) is 7.58. The van der Waals surface area contributed by atoms with Crippen LogP contribution in [0.5, 0.6) is 0 Å². The highest BCUT2D eigenvalue weighted by Gasteiger charge is 2.28. The lowest BCUT2D eigenvalue weighted by atomic mass is 10.3. The molecule has 1 atom stereocenters. The highest BCUT2D eigenvalue weighted by molar-refractivity contribution is 5.80. The van der Waals surface area contributed by atoms with Crippen molar-refractivity contribution in [2.75, 3.05) is 39.3 Å². The SMILES string of the molecule is O=C(C1NCCO1)N1CCNCC1. The van der Waals surface area contributed by atoms with Crippen molar-refractivity contribution >= 4 is 5.91 Å². The molecule has 2 aliphatic heterocycles. The van der Waals surface area contributed by atoms with E-state index in [0.29, 0.717) is 6.61 Å². The molecule has 0 aromatic carbocycles. The van der Waals surface area contributed by atoms with Gasteiger partial charge in [-0.05, 0) is 0 Å². The van der Waals surface area contributed by atoms with Crippen molar-refractivity contribution in [1.29, 1.82) is 0 Å². The van der Waals surface area contributed by atoms with Crippen molar-refractivity contribution < 1.29 is 9.53 Å². The summed E-state index contributed by atoms with van der Waals surface area (Å²) in [6.45, 7) is 4.78. The van der Waals surface area contributed by atoms with Crippen molar-refractivity contribution in [3.63, 3.8) is 0 Å². The summed E-state index contributed by atoms with van der Waals surface area (Å²) >= 11 is 0. The maximum Gasteiger partial charge on any atom is 0.266 e. The highest BCUT2D eigenvalue weighted by Crippen LogP contribution is 2.02. The Morgan fingerprint density at radius 2 is 2.08 bits per heavy atom. The number of amides is 1. The summed E-state index contributed by atoms with van der Waals surface area (Å²) in [6.07, 6.45) is -0.391. The molecule has 2 rings (SSSR count). The second-order valence-corrected chi connectivity index (χ2v) is 3.28. The molecule has 1 unspecified atom stereocenters. The molecule has 0 aliphatic carbocycles. The van der Waals surface area contributed by atoms with E-state index in [1.807, 2.05) is 4.90 Å². The Bertz CT molecular complexity index is 186. The van der Waals surface area contributed by atoms with Crippen LogP contribution < -0.4 is 10.6 Å². The van der Waals surface area contributed by atoms with Gasteiger partial charge in [0.05, 0.1) is 6.61 Å². The van der Waals surface area contributed by atoms with Gasteiger partial charge in [-0.1, -0.05) is 0 Å². The number of ether oxygens (including phenoxy) is 1. The quantitative estimate of drug-likeness (QED) is 0.515. The van der Waals surface area contributed by atoms with E-state index in [9.17, 15) is 4.79 Å². The number of rotatable bonds is 1. The fourth-order valence-corrected chi connectivity index (χ4v) is 1.64. The molecule has 74 valence electrons.